The van der Waals surface area contributed by atoms with Crippen molar-refractivity contribution in [3.8, 4) is 0 Å². The van der Waals surface area contributed by atoms with E-state index in [0.717, 1.165) is 19.4 Å². The highest BCUT2D eigenvalue weighted by Crippen LogP contribution is 2.14. The van der Waals surface area contributed by atoms with Crippen LogP contribution in [0, 0.1) is 5.92 Å². The van der Waals surface area contributed by atoms with E-state index in [1.807, 2.05) is 0 Å². The van der Waals surface area contributed by atoms with Crippen molar-refractivity contribution in [2.24, 2.45) is 5.92 Å². The molecule has 1 aliphatic rings. The zero-order valence-electron chi connectivity index (χ0n) is 11.6. The predicted octanol–water partition coefficient (Wildman–Crippen LogP) is 3.58. The molecule has 0 aromatic heterocycles. The number of rotatable bonds is 1. The van der Waals surface area contributed by atoms with Crippen molar-refractivity contribution in [3.63, 3.8) is 0 Å². The van der Waals surface area contributed by atoms with Crippen LogP contribution in [-0.4, -0.2) is 24.2 Å². The molecule has 18 heavy (non-hydrogen) atoms. The fourth-order valence-corrected chi connectivity index (χ4v) is 2.64. The van der Waals surface area contributed by atoms with Gasteiger partial charge in [0.2, 0.25) is 0 Å². The predicted molar refractivity (Wildman–Crippen MR) is 74.8 cm³/mol. The van der Waals surface area contributed by atoms with Gasteiger partial charge in [0.05, 0.1) is 5.92 Å². The zero-order chi connectivity index (χ0) is 13.1. The molecule has 0 bridgehead atoms. The molecule has 0 aliphatic carbocycles. The van der Waals surface area contributed by atoms with Crippen LogP contribution in [0.4, 0.5) is 0 Å². The maximum absolute atomic E-state index is 11.1. The first kappa shape index (κ1) is 15.5. The lowest BCUT2D eigenvalue weighted by atomic mass is 10.00. The summed E-state index contributed by atoms with van der Waals surface area (Å²) in [5, 5.41) is 12.5. The van der Waals surface area contributed by atoms with Crippen molar-refractivity contribution in [1.82, 2.24) is 5.32 Å². The van der Waals surface area contributed by atoms with E-state index in [-0.39, 0.29) is 5.92 Å². The van der Waals surface area contributed by atoms with Crippen molar-refractivity contribution < 1.29 is 9.90 Å². The van der Waals surface area contributed by atoms with E-state index in [1.165, 1.54) is 57.8 Å². The first-order valence-electron chi connectivity index (χ1n) is 7.74. The van der Waals surface area contributed by atoms with E-state index < -0.39 is 5.97 Å². The summed E-state index contributed by atoms with van der Waals surface area (Å²) in [5.41, 5.74) is 0. The van der Waals surface area contributed by atoms with Crippen molar-refractivity contribution in [3.05, 3.63) is 0 Å². The summed E-state index contributed by atoms with van der Waals surface area (Å²) in [6.45, 7) is 1.62. The lowest BCUT2D eigenvalue weighted by molar-refractivity contribution is -0.141. The molecule has 1 heterocycles. The molecule has 0 saturated carbocycles. The number of carboxylic acid groups (broad SMARTS) is 1. The lowest BCUT2D eigenvalue weighted by Crippen LogP contribution is -2.29. The molecule has 3 heteroatoms. The SMILES string of the molecule is O=C(O)C1CCCCCCCCCCCCNC1. The van der Waals surface area contributed by atoms with Gasteiger partial charge in [-0.1, -0.05) is 57.8 Å². The van der Waals surface area contributed by atoms with Gasteiger partial charge < -0.3 is 10.4 Å². The van der Waals surface area contributed by atoms with Gasteiger partial charge in [-0.05, 0) is 19.4 Å². The molecule has 1 saturated heterocycles. The van der Waals surface area contributed by atoms with Gasteiger partial charge >= 0.3 is 5.97 Å². The zero-order valence-corrected chi connectivity index (χ0v) is 11.6. The molecule has 0 aromatic carbocycles. The lowest BCUT2D eigenvalue weighted by Gasteiger charge is -2.13. The second-order valence-corrected chi connectivity index (χ2v) is 5.56. The van der Waals surface area contributed by atoms with Crippen molar-refractivity contribution in [2.45, 2.75) is 70.6 Å². The van der Waals surface area contributed by atoms with Gasteiger partial charge in [-0.25, -0.2) is 0 Å². The molecule has 1 fully saturated rings. The minimum Gasteiger partial charge on any atom is -0.481 e. The quantitative estimate of drug-likeness (QED) is 0.753. The van der Waals surface area contributed by atoms with E-state index >= 15 is 0 Å². The van der Waals surface area contributed by atoms with Crippen LogP contribution in [0.15, 0.2) is 0 Å². The Morgan fingerprint density at radius 3 is 1.89 bits per heavy atom. The molecule has 1 atom stereocenters. The highest BCUT2D eigenvalue weighted by molar-refractivity contribution is 5.70. The van der Waals surface area contributed by atoms with Gasteiger partial charge in [-0.15, -0.1) is 0 Å². The van der Waals surface area contributed by atoms with E-state index in [1.54, 1.807) is 0 Å². The van der Waals surface area contributed by atoms with Gasteiger partial charge in [0.1, 0.15) is 0 Å². The summed E-state index contributed by atoms with van der Waals surface area (Å²) in [6.07, 6.45) is 13.6. The molecule has 0 radical (unpaired) electrons. The van der Waals surface area contributed by atoms with Crippen LogP contribution in [0.25, 0.3) is 0 Å². The van der Waals surface area contributed by atoms with Crippen LogP contribution in [0.5, 0.6) is 0 Å². The number of carbonyl (C=O) groups is 1. The standard InChI is InChI=1S/C15H29NO2/c17-15(18)14-11-9-7-5-3-1-2-4-6-8-10-12-16-13-14/h14,16H,1-13H2,(H,17,18). The molecular weight excluding hydrogens is 226 g/mol. The Morgan fingerprint density at radius 2 is 1.33 bits per heavy atom. The van der Waals surface area contributed by atoms with Gasteiger partial charge in [-0.3, -0.25) is 4.79 Å². The Hall–Kier alpha value is -0.570. The first-order chi connectivity index (χ1) is 8.80. The third-order valence-electron chi connectivity index (χ3n) is 3.90. The molecule has 2 N–H and O–H groups in total. The van der Waals surface area contributed by atoms with Crippen molar-refractivity contribution in [1.29, 1.82) is 0 Å². The molecule has 1 aliphatic heterocycles. The van der Waals surface area contributed by atoms with Crippen LogP contribution in [0.2, 0.25) is 0 Å². The van der Waals surface area contributed by atoms with E-state index in [0.29, 0.717) is 6.54 Å². The number of hydrogen-bond donors (Lipinski definition) is 2. The number of aliphatic carboxylic acids is 1. The first-order valence-corrected chi connectivity index (χ1v) is 7.74. The largest absolute Gasteiger partial charge is 0.481 e. The van der Waals surface area contributed by atoms with Gasteiger partial charge in [0.25, 0.3) is 0 Å². The van der Waals surface area contributed by atoms with Crippen LogP contribution < -0.4 is 5.32 Å². The van der Waals surface area contributed by atoms with E-state index in [2.05, 4.69) is 5.32 Å². The van der Waals surface area contributed by atoms with Gasteiger partial charge in [0.15, 0.2) is 0 Å². The molecule has 1 rings (SSSR count). The molecule has 0 spiro atoms. The molecule has 1 unspecified atom stereocenters. The maximum atomic E-state index is 11.1. The van der Waals surface area contributed by atoms with E-state index in [4.69, 9.17) is 5.11 Å². The van der Waals surface area contributed by atoms with Crippen LogP contribution in [0.3, 0.4) is 0 Å². The summed E-state index contributed by atoms with van der Waals surface area (Å²) in [6, 6.07) is 0. The third kappa shape index (κ3) is 7.70. The van der Waals surface area contributed by atoms with Gasteiger partial charge in [0, 0.05) is 6.54 Å². The Bertz CT molecular complexity index is 203. The number of hydrogen-bond acceptors (Lipinski definition) is 2. The third-order valence-corrected chi connectivity index (χ3v) is 3.90. The molecule has 106 valence electrons. The smallest absolute Gasteiger partial charge is 0.307 e. The average molecular weight is 255 g/mol. The van der Waals surface area contributed by atoms with Gasteiger partial charge in [-0.2, -0.15) is 0 Å². The number of carboxylic acids is 1. The Balaban J connectivity index is 2.26. The minimum absolute atomic E-state index is 0.185. The van der Waals surface area contributed by atoms with Crippen molar-refractivity contribution >= 4 is 5.97 Å². The fourth-order valence-electron chi connectivity index (χ4n) is 2.64. The Labute approximate surface area is 111 Å². The Morgan fingerprint density at radius 1 is 0.833 bits per heavy atom. The Kier molecular flexibility index (Phi) is 8.92. The highest BCUT2D eigenvalue weighted by Gasteiger charge is 2.16. The second kappa shape index (κ2) is 10.4. The van der Waals surface area contributed by atoms with E-state index in [9.17, 15) is 4.79 Å². The van der Waals surface area contributed by atoms with Crippen LogP contribution in [-0.2, 0) is 4.79 Å². The van der Waals surface area contributed by atoms with Crippen LogP contribution in [0.1, 0.15) is 70.6 Å². The van der Waals surface area contributed by atoms with Crippen LogP contribution >= 0.6 is 0 Å². The molecule has 0 amide bonds. The summed E-state index contributed by atoms with van der Waals surface area (Å²) < 4.78 is 0. The monoisotopic (exact) mass is 255 g/mol. The summed E-state index contributed by atoms with van der Waals surface area (Å²) in [5.74, 6) is -0.818. The summed E-state index contributed by atoms with van der Waals surface area (Å²) in [7, 11) is 0. The average Bonchev–Trinajstić information content (AvgIpc) is 2.36. The van der Waals surface area contributed by atoms with Crippen molar-refractivity contribution in [2.75, 3.05) is 13.1 Å². The molecule has 0 aromatic rings. The second-order valence-electron chi connectivity index (χ2n) is 5.56. The molecular formula is C15H29NO2. The highest BCUT2D eigenvalue weighted by atomic mass is 16.4. The fraction of sp³-hybridized carbons (Fsp3) is 0.933. The minimum atomic E-state index is -0.633. The number of nitrogens with one attached hydrogen (secondary N) is 1. The topological polar surface area (TPSA) is 49.3 Å². The molecule has 3 nitrogen and oxygen atoms in total. The normalized spacial score (nSPS) is 25.9. The summed E-state index contributed by atoms with van der Waals surface area (Å²) in [4.78, 5) is 11.1. The maximum Gasteiger partial charge on any atom is 0.307 e. The summed E-state index contributed by atoms with van der Waals surface area (Å²) >= 11 is 0.